The Hall–Kier alpha value is -2.67. The van der Waals surface area contributed by atoms with Crippen molar-refractivity contribution >= 4 is 26.7 Å². The Morgan fingerprint density at radius 2 is 1.71 bits per heavy atom. The van der Waals surface area contributed by atoms with E-state index in [0.29, 0.717) is 11.8 Å². The van der Waals surface area contributed by atoms with Crippen molar-refractivity contribution in [1.82, 2.24) is 4.72 Å². The van der Waals surface area contributed by atoms with E-state index in [4.69, 9.17) is 5.73 Å². The maximum atomic E-state index is 13.0. The second-order valence-corrected chi connectivity index (χ2v) is 9.50. The number of nitrogens with two attached hydrogens (primary N) is 1. The molecule has 0 saturated carbocycles. The molecule has 0 bridgehead atoms. The summed E-state index contributed by atoms with van der Waals surface area (Å²) in [5.41, 5.74) is 7.26. The average molecular weight is 440 g/mol. The summed E-state index contributed by atoms with van der Waals surface area (Å²) in [4.78, 5) is 0.156. The van der Waals surface area contributed by atoms with Crippen molar-refractivity contribution in [2.24, 2.45) is 17.6 Å². The van der Waals surface area contributed by atoms with Crippen molar-refractivity contribution in [2.75, 3.05) is 11.9 Å². The van der Waals surface area contributed by atoms with Crippen LogP contribution < -0.4 is 26.2 Å². The molecule has 0 spiro atoms. The molecule has 0 aromatic heterocycles. The number of benzene rings is 2. The Kier molecular flexibility index (Phi) is 9.24. The second-order valence-electron chi connectivity index (χ2n) is 7.76. The van der Waals surface area contributed by atoms with Crippen LogP contribution in [0.2, 0.25) is 0 Å². The van der Waals surface area contributed by atoms with Crippen molar-refractivity contribution in [3.8, 4) is 0 Å². The molecule has 3 atom stereocenters. The van der Waals surface area contributed by atoms with Gasteiger partial charge in [-0.15, -0.1) is 0 Å². The third kappa shape index (κ3) is 7.21. The van der Waals surface area contributed by atoms with Gasteiger partial charge in [-0.3, -0.25) is 0 Å². The molecule has 2 rings (SSSR count). The van der Waals surface area contributed by atoms with Crippen LogP contribution in [0, 0.1) is 11.8 Å². The summed E-state index contributed by atoms with van der Waals surface area (Å²) >= 11 is 0. The lowest BCUT2D eigenvalue weighted by atomic mass is 9.95. The molecular formula is C25H33N3O2S. The molecule has 0 saturated heterocycles. The van der Waals surface area contributed by atoms with Gasteiger partial charge >= 0.3 is 0 Å². The third-order valence-corrected chi connectivity index (χ3v) is 6.63. The van der Waals surface area contributed by atoms with Crippen molar-refractivity contribution in [3.63, 3.8) is 0 Å². The van der Waals surface area contributed by atoms with Crippen LogP contribution in [0.25, 0.3) is 11.0 Å². The largest absolute Gasteiger partial charge is 0.370 e. The lowest BCUT2D eigenvalue weighted by Gasteiger charge is -2.25. The van der Waals surface area contributed by atoms with E-state index in [1.807, 2.05) is 49.4 Å². The van der Waals surface area contributed by atoms with Gasteiger partial charge in [0.15, 0.2) is 0 Å². The topological polar surface area (TPSA) is 84.2 Å². The molecule has 6 heteroatoms. The lowest BCUT2D eigenvalue weighted by molar-refractivity contribution is 0.375. The van der Waals surface area contributed by atoms with E-state index in [1.165, 1.54) is 6.08 Å². The van der Waals surface area contributed by atoms with E-state index in [-0.39, 0.29) is 22.9 Å². The summed E-state index contributed by atoms with van der Waals surface area (Å²) < 4.78 is 28.7. The predicted octanol–water partition coefficient (Wildman–Crippen LogP) is 2.93. The highest BCUT2D eigenvalue weighted by Crippen LogP contribution is 2.17. The average Bonchev–Trinajstić information content (AvgIpc) is 2.75. The molecule has 31 heavy (non-hydrogen) atoms. The fourth-order valence-corrected chi connectivity index (χ4v) is 4.78. The molecule has 4 N–H and O–H groups in total. The highest BCUT2D eigenvalue weighted by atomic mass is 32.2. The molecule has 0 heterocycles. The van der Waals surface area contributed by atoms with Gasteiger partial charge in [-0.05, 0) is 41.7 Å². The van der Waals surface area contributed by atoms with E-state index in [9.17, 15) is 8.42 Å². The first kappa shape index (κ1) is 24.6. The van der Waals surface area contributed by atoms with Crippen LogP contribution in [0.1, 0.15) is 20.3 Å². The van der Waals surface area contributed by atoms with Crippen LogP contribution in [0.3, 0.4) is 0 Å². The maximum Gasteiger partial charge on any atom is 0.241 e. The number of anilines is 1. The zero-order chi connectivity index (χ0) is 22.9. The second kappa shape index (κ2) is 11.6. The number of nitrogens with one attached hydrogen (secondary N) is 2. The van der Waals surface area contributed by atoms with E-state index in [2.05, 4.69) is 30.1 Å². The monoisotopic (exact) mass is 439 g/mol. The minimum Gasteiger partial charge on any atom is -0.370 e. The van der Waals surface area contributed by atoms with Crippen LogP contribution in [0.4, 0.5) is 5.69 Å². The highest BCUT2D eigenvalue weighted by molar-refractivity contribution is 7.98. The third-order valence-electron chi connectivity index (χ3n) is 5.11. The molecule has 0 fully saturated rings. The standard InChI is InChI=1S/C25H33N3O2S/c1-5-12-21-13-10-11-16-23(21)24(6-2)31(29,30)27-18-19(3)17-20(4)25(26)28-22-14-8-7-9-15-22/h5-16,19-20,25,27-28H,1-2,17-18,26H2,3-4H3/b21-12-,24-23+. The summed E-state index contributed by atoms with van der Waals surface area (Å²) in [5, 5.41) is 4.67. The van der Waals surface area contributed by atoms with Gasteiger partial charge in [0.05, 0.1) is 11.1 Å². The number of allylic oxidation sites excluding steroid dienone is 1. The van der Waals surface area contributed by atoms with Crippen LogP contribution in [-0.4, -0.2) is 21.1 Å². The Morgan fingerprint density at radius 3 is 2.35 bits per heavy atom. The van der Waals surface area contributed by atoms with Crippen molar-refractivity contribution in [2.45, 2.75) is 26.4 Å². The molecule has 2 aromatic rings. The predicted molar refractivity (Wildman–Crippen MR) is 132 cm³/mol. The van der Waals surface area contributed by atoms with Crippen molar-refractivity contribution < 1.29 is 8.42 Å². The van der Waals surface area contributed by atoms with E-state index in [0.717, 1.165) is 17.3 Å². The zero-order valence-corrected chi connectivity index (χ0v) is 19.1. The normalized spacial score (nSPS) is 16.2. The first-order valence-electron chi connectivity index (χ1n) is 10.4. The van der Waals surface area contributed by atoms with Crippen LogP contribution in [0.15, 0.2) is 79.9 Å². The Morgan fingerprint density at radius 1 is 1.06 bits per heavy atom. The molecule has 3 unspecified atom stereocenters. The Labute approximate surface area is 186 Å². The van der Waals surface area contributed by atoms with Gasteiger partial charge in [0.2, 0.25) is 10.0 Å². The van der Waals surface area contributed by atoms with E-state index >= 15 is 0 Å². The molecule has 0 aliphatic carbocycles. The summed E-state index contributed by atoms with van der Waals surface area (Å²) in [6.07, 6.45) is 5.34. The minimum absolute atomic E-state index is 0.106. The van der Waals surface area contributed by atoms with E-state index < -0.39 is 10.0 Å². The fraction of sp³-hybridized carbons (Fsp3) is 0.280. The smallest absolute Gasteiger partial charge is 0.241 e. The molecule has 0 radical (unpaired) electrons. The summed E-state index contributed by atoms with van der Waals surface area (Å²) in [6, 6.07) is 17.1. The molecule has 0 amide bonds. The number of rotatable bonds is 11. The quantitative estimate of drug-likeness (QED) is 0.470. The van der Waals surface area contributed by atoms with Gasteiger partial charge in [-0.2, -0.15) is 0 Å². The molecule has 0 aliphatic rings. The van der Waals surface area contributed by atoms with Gasteiger partial charge in [0, 0.05) is 17.5 Å². The molecule has 2 aromatic carbocycles. The Bertz CT molecular complexity index is 1100. The molecular weight excluding hydrogens is 406 g/mol. The summed E-state index contributed by atoms with van der Waals surface area (Å²) in [6.45, 7) is 11.8. The SMILES string of the molecule is C=C/C=c1/cccc/c1=C(/C=C)S(=O)(=O)NCC(C)CC(C)C(N)Nc1ccccc1. The first-order chi connectivity index (χ1) is 14.8. The number of hydrogen-bond donors (Lipinski definition) is 3. The van der Waals surface area contributed by atoms with E-state index in [1.54, 1.807) is 24.3 Å². The van der Waals surface area contributed by atoms with Crippen molar-refractivity contribution in [1.29, 1.82) is 0 Å². The minimum atomic E-state index is -3.72. The number of sulfonamides is 1. The van der Waals surface area contributed by atoms with Crippen LogP contribution in [-0.2, 0) is 10.0 Å². The molecule has 5 nitrogen and oxygen atoms in total. The number of para-hydroxylation sites is 1. The van der Waals surface area contributed by atoms with Gasteiger partial charge in [-0.1, -0.05) is 81.6 Å². The van der Waals surface area contributed by atoms with Gasteiger partial charge in [0.1, 0.15) is 0 Å². The maximum absolute atomic E-state index is 13.0. The molecule has 0 aliphatic heterocycles. The lowest BCUT2D eigenvalue weighted by Crippen LogP contribution is -2.39. The first-order valence-corrected chi connectivity index (χ1v) is 11.9. The molecule has 166 valence electrons. The zero-order valence-electron chi connectivity index (χ0n) is 18.3. The summed E-state index contributed by atoms with van der Waals surface area (Å²) in [7, 11) is -3.72. The van der Waals surface area contributed by atoms with Gasteiger partial charge in [0.25, 0.3) is 0 Å². The number of hydrogen-bond acceptors (Lipinski definition) is 4. The van der Waals surface area contributed by atoms with Gasteiger partial charge < -0.3 is 11.1 Å². The van der Waals surface area contributed by atoms with Gasteiger partial charge in [-0.25, -0.2) is 13.1 Å². The Balaban J connectivity index is 2.07. The fourth-order valence-electron chi connectivity index (χ4n) is 3.42. The van der Waals surface area contributed by atoms with Crippen molar-refractivity contribution in [3.05, 3.63) is 90.3 Å². The van der Waals surface area contributed by atoms with Crippen LogP contribution in [0.5, 0.6) is 0 Å². The van der Waals surface area contributed by atoms with Crippen LogP contribution >= 0.6 is 0 Å². The highest BCUT2D eigenvalue weighted by Gasteiger charge is 2.20. The summed E-state index contributed by atoms with van der Waals surface area (Å²) in [5.74, 6) is 0.264.